The zero-order valence-electron chi connectivity index (χ0n) is 15.1. The molecule has 4 nitrogen and oxygen atoms in total. The largest absolute Gasteiger partial charge is 0.365 e. The van der Waals surface area contributed by atoms with E-state index in [9.17, 15) is 9.90 Å². The maximum absolute atomic E-state index is 12.1. The lowest BCUT2D eigenvalue weighted by Crippen LogP contribution is -2.38. The zero-order chi connectivity index (χ0) is 17.2. The van der Waals surface area contributed by atoms with Crippen molar-refractivity contribution < 1.29 is 14.6 Å². The lowest BCUT2D eigenvalue weighted by atomic mass is 9.92. The van der Waals surface area contributed by atoms with Crippen LogP contribution in [0, 0.1) is 5.92 Å². The van der Waals surface area contributed by atoms with Gasteiger partial charge in [0.1, 0.15) is 0 Å². The van der Waals surface area contributed by atoms with Crippen LogP contribution in [0.3, 0.4) is 0 Å². The highest BCUT2D eigenvalue weighted by atomic mass is 16.6. The third-order valence-corrected chi connectivity index (χ3v) is 4.93. The number of nitrogens with one attached hydrogen (secondary N) is 1. The number of unbranched alkanes of at least 4 members (excludes halogenated alkanes) is 9. The van der Waals surface area contributed by atoms with Gasteiger partial charge in [-0.25, -0.2) is 0 Å². The highest BCUT2D eigenvalue weighted by Crippen LogP contribution is 2.25. The second kappa shape index (κ2) is 10.7. The summed E-state index contributed by atoms with van der Waals surface area (Å²) in [5, 5.41) is 12.3. The monoisotopic (exact) mass is 335 g/mol. The van der Waals surface area contributed by atoms with Gasteiger partial charge < -0.3 is 15.2 Å². The molecule has 2 aliphatic rings. The third kappa shape index (κ3) is 6.40. The molecule has 0 aromatic carbocycles. The molecule has 0 saturated carbocycles. The highest BCUT2D eigenvalue weighted by Gasteiger charge is 2.27. The summed E-state index contributed by atoms with van der Waals surface area (Å²) in [4.78, 5) is 12.1. The van der Waals surface area contributed by atoms with Crippen LogP contribution in [-0.2, 0) is 9.53 Å². The molecule has 136 valence electrons. The van der Waals surface area contributed by atoms with Crippen molar-refractivity contribution in [2.24, 2.45) is 5.92 Å². The minimum Gasteiger partial charge on any atom is -0.365 e. The molecule has 0 aromatic rings. The lowest BCUT2D eigenvalue weighted by Gasteiger charge is -2.28. The van der Waals surface area contributed by atoms with E-state index in [0.717, 1.165) is 24.1 Å². The molecule has 2 rings (SSSR count). The Bertz CT molecular complexity index is 456. The van der Waals surface area contributed by atoms with Gasteiger partial charge in [0, 0.05) is 5.70 Å². The van der Waals surface area contributed by atoms with Crippen LogP contribution in [0.5, 0.6) is 0 Å². The Morgan fingerprint density at radius 3 is 2.33 bits per heavy atom. The molecule has 2 unspecified atom stereocenters. The van der Waals surface area contributed by atoms with E-state index >= 15 is 0 Å². The molecule has 0 aliphatic carbocycles. The number of aliphatic hydroxyl groups excluding tert-OH is 1. The van der Waals surface area contributed by atoms with E-state index in [0.29, 0.717) is 6.61 Å². The fourth-order valence-electron chi connectivity index (χ4n) is 3.42. The topological polar surface area (TPSA) is 58.6 Å². The van der Waals surface area contributed by atoms with Gasteiger partial charge in [-0.15, -0.1) is 0 Å². The van der Waals surface area contributed by atoms with Crippen LogP contribution in [0.4, 0.5) is 0 Å². The van der Waals surface area contributed by atoms with Crippen LogP contribution >= 0.6 is 0 Å². The second-order valence-corrected chi connectivity index (χ2v) is 7.04. The fraction of sp³-hybridized carbons (Fsp3) is 0.750. The first-order valence-corrected chi connectivity index (χ1v) is 9.74. The summed E-state index contributed by atoms with van der Waals surface area (Å²) in [7, 11) is 0. The molecule has 0 fully saturated rings. The van der Waals surface area contributed by atoms with Crippen molar-refractivity contribution in [1.82, 2.24) is 5.32 Å². The number of ether oxygens (including phenoxy) is 1. The first-order valence-electron chi connectivity index (χ1n) is 9.74. The predicted octanol–water partition coefficient (Wildman–Crippen LogP) is 4.20. The summed E-state index contributed by atoms with van der Waals surface area (Å²) in [6.07, 6.45) is 16.7. The molecule has 24 heavy (non-hydrogen) atoms. The standard InChI is InChI=1S/C20H33NO3/c1-2-3-4-5-6-7-8-9-10-11-12-16-13-17-15-24-19(22)14-18(17)21-20(16)23/h13-14,16,19,22H,2-12,15H2,1H3,(H,21,23). The lowest BCUT2D eigenvalue weighted by molar-refractivity contribution is -0.123. The Hall–Kier alpha value is -1.13. The van der Waals surface area contributed by atoms with Gasteiger partial charge in [-0.3, -0.25) is 4.79 Å². The number of carbonyl (C=O) groups excluding carboxylic acids is 1. The van der Waals surface area contributed by atoms with Crippen LogP contribution < -0.4 is 5.32 Å². The smallest absolute Gasteiger partial charge is 0.231 e. The van der Waals surface area contributed by atoms with Crippen LogP contribution in [0.2, 0.25) is 0 Å². The van der Waals surface area contributed by atoms with Gasteiger partial charge in [0.2, 0.25) is 5.91 Å². The Morgan fingerprint density at radius 2 is 1.67 bits per heavy atom. The summed E-state index contributed by atoms with van der Waals surface area (Å²) < 4.78 is 5.20. The summed E-state index contributed by atoms with van der Waals surface area (Å²) >= 11 is 0. The number of amides is 1. The van der Waals surface area contributed by atoms with Gasteiger partial charge in [-0.1, -0.05) is 77.2 Å². The van der Waals surface area contributed by atoms with Crippen molar-refractivity contribution in [2.75, 3.05) is 6.61 Å². The average Bonchev–Trinajstić information content (AvgIpc) is 2.57. The van der Waals surface area contributed by atoms with Crippen LogP contribution in [0.15, 0.2) is 23.4 Å². The van der Waals surface area contributed by atoms with Crippen molar-refractivity contribution >= 4 is 5.91 Å². The molecule has 2 aliphatic heterocycles. The fourth-order valence-corrected chi connectivity index (χ4v) is 3.42. The molecule has 2 heterocycles. The number of rotatable bonds is 11. The Balaban J connectivity index is 1.57. The van der Waals surface area contributed by atoms with Crippen LogP contribution in [0.1, 0.15) is 77.6 Å². The molecule has 2 N–H and O–H groups in total. The van der Waals surface area contributed by atoms with Crippen molar-refractivity contribution in [2.45, 2.75) is 83.8 Å². The molecule has 1 amide bonds. The molecule has 0 radical (unpaired) electrons. The van der Waals surface area contributed by atoms with Crippen LogP contribution in [-0.4, -0.2) is 23.9 Å². The molecular formula is C20H33NO3. The third-order valence-electron chi connectivity index (χ3n) is 4.93. The Kier molecular flexibility index (Phi) is 8.54. The molecular weight excluding hydrogens is 302 g/mol. The molecule has 0 spiro atoms. The molecule has 4 heteroatoms. The molecule has 0 saturated heterocycles. The quantitative estimate of drug-likeness (QED) is 0.556. The van der Waals surface area contributed by atoms with E-state index in [1.54, 1.807) is 6.08 Å². The first kappa shape index (κ1) is 19.2. The maximum Gasteiger partial charge on any atom is 0.231 e. The molecule has 0 bridgehead atoms. The Labute approximate surface area is 146 Å². The summed E-state index contributed by atoms with van der Waals surface area (Å²) in [6, 6.07) is 0. The predicted molar refractivity (Wildman–Crippen MR) is 96.2 cm³/mol. The van der Waals surface area contributed by atoms with Gasteiger partial charge in [0.05, 0.1) is 12.5 Å². The van der Waals surface area contributed by atoms with E-state index in [4.69, 9.17) is 4.74 Å². The van der Waals surface area contributed by atoms with Crippen LogP contribution in [0.25, 0.3) is 0 Å². The van der Waals surface area contributed by atoms with E-state index in [1.807, 2.05) is 6.08 Å². The minimum absolute atomic E-state index is 0.0509. The summed E-state index contributed by atoms with van der Waals surface area (Å²) in [6.45, 7) is 2.63. The van der Waals surface area contributed by atoms with Crippen molar-refractivity contribution in [3.63, 3.8) is 0 Å². The number of carbonyl (C=O) groups is 1. The Morgan fingerprint density at radius 1 is 1.04 bits per heavy atom. The summed E-state index contributed by atoms with van der Waals surface area (Å²) in [5.74, 6) is 0.0000563. The summed E-state index contributed by atoms with van der Waals surface area (Å²) in [5.41, 5.74) is 1.72. The van der Waals surface area contributed by atoms with Gasteiger partial charge in [-0.05, 0) is 18.1 Å². The maximum atomic E-state index is 12.1. The highest BCUT2D eigenvalue weighted by molar-refractivity contribution is 5.85. The van der Waals surface area contributed by atoms with Crippen molar-refractivity contribution in [3.8, 4) is 0 Å². The number of fused-ring (bicyclic) bond motifs is 1. The van der Waals surface area contributed by atoms with Gasteiger partial charge >= 0.3 is 0 Å². The minimum atomic E-state index is -0.907. The van der Waals surface area contributed by atoms with E-state index in [-0.39, 0.29) is 11.8 Å². The van der Waals surface area contributed by atoms with Gasteiger partial charge in [0.25, 0.3) is 0 Å². The normalized spacial score (nSPS) is 23.3. The molecule has 2 atom stereocenters. The average molecular weight is 335 g/mol. The van der Waals surface area contributed by atoms with E-state index in [1.165, 1.54) is 57.8 Å². The second-order valence-electron chi connectivity index (χ2n) is 7.04. The first-order chi connectivity index (χ1) is 11.7. The number of hydrogen-bond donors (Lipinski definition) is 2. The van der Waals surface area contributed by atoms with Gasteiger partial charge in [0.15, 0.2) is 6.29 Å². The van der Waals surface area contributed by atoms with E-state index in [2.05, 4.69) is 12.2 Å². The number of aliphatic hydroxyl groups is 1. The van der Waals surface area contributed by atoms with Gasteiger partial charge in [-0.2, -0.15) is 0 Å². The SMILES string of the molecule is CCCCCCCCCCCCC1C=C2COC(O)C=C2NC1=O. The number of hydrogen-bond acceptors (Lipinski definition) is 3. The molecule has 0 aromatic heterocycles. The van der Waals surface area contributed by atoms with Crippen molar-refractivity contribution in [3.05, 3.63) is 23.4 Å². The van der Waals surface area contributed by atoms with E-state index < -0.39 is 6.29 Å². The van der Waals surface area contributed by atoms with Crippen molar-refractivity contribution in [1.29, 1.82) is 0 Å². The zero-order valence-corrected chi connectivity index (χ0v) is 15.1.